The highest BCUT2D eigenvalue weighted by Gasteiger charge is 2.52. The molecule has 1 saturated heterocycles. The Hall–Kier alpha value is -1.96. The Morgan fingerprint density at radius 3 is 2.70 bits per heavy atom. The van der Waals surface area contributed by atoms with Crippen molar-refractivity contribution >= 4 is 33.8 Å². The number of ether oxygens (including phenoxy) is 1. The Bertz CT molecular complexity index is 762. The summed E-state index contributed by atoms with van der Waals surface area (Å²) >= 11 is 3.20. The maximum absolute atomic E-state index is 13.1. The first-order valence-electron chi connectivity index (χ1n) is 9.08. The van der Waals surface area contributed by atoms with Crippen molar-refractivity contribution in [2.24, 2.45) is 5.92 Å². The Morgan fingerprint density at radius 1 is 1.37 bits per heavy atom. The first kappa shape index (κ1) is 19.8. The summed E-state index contributed by atoms with van der Waals surface area (Å²) in [5.74, 6) is -0.858. The highest BCUT2D eigenvalue weighted by Crippen LogP contribution is 2.37. The lowest BCUT2D eigenvalue weighted by Crippen LogP contribution is -2.49. The molecular weight excluding hydrogens is 419 g/mol. The van der Waals surface area contributed by atoms with Crippen LogP contribution in [0.4, 0.5) is 9.18 Å². The summed E-state index contributed by atoms with van der Waals surface area (Å²) in [5, 5.41) is 2.79. The number of urea groups is 1. The summed E-state index contributed by atoms with van der Waals surface area (Å²) in [7, 11) is 0. The maximum Gasteiger partial charge on any atom is 0.326 e. The number of hydrogen-bond donors (Lipinski definition) is 1. The molecule has 1 aliphatic heterocycles. The Labute approximate surface area is 165 Å². The molecule has 2 fully saturated rings. The van der Waals surface area contributed by atoms with E-state index in [2.05, 4.69) is 28.2 Å². The van der Waals surface area contributed by atoms with Gasteiger partial charge in [0.1, 0.15) is 24.5 Å². The van der Waals surface area contributed by atoms with E-state index in [4.69, 9.17) is 4.74 Å². The average Bonchev–Trinajstić information content (AvgIpc) is 2.86. The largest absolute Gasteiger partial charge is 0.459 e. The van der Waals surface area contributed by atoms with Crippen LogP contribution in [-0.4, -0.2) is 34.9 Å². The van der Waals surface area contributed by atoms with Gasteiger partial charge in [0.25, 0.3) is 5.91 Å². The van der Waals surface area contributed by atoms with Crippen LogP contribution in [0.1, 0.15) is 44.6 Å². The van der Waals surface area contributed by atoms with Gasteiger partial charge in [-0.3, -0.25) is 14.5 Å². The van der Waals surface area contributed by atoms with E-state index in [1.165, 1.54) is 18.2 Å². The molecule has 1 aromatic rings. The molecule has 1 heterocycles. The monoisotopic (exact) mass is 440 g/mol. The van der Waals surface area contributed by atoms with Crippen molar-refractivity contribution in [3.63, 3.8) is 0 Å². The molecule has 3 rings (SSSR count). The second-order valence-electron chi connectivity index (χ2n) is 7.15. The van der Waals surface area contributed by atoms with Crippen molar-refractivity contribution < 1.29 is 23.5 Å². The molecule has 1 saturated carbocycles. The van der Waals surface area contributed by atoms with Gasteiger partial charge >= 0.3 is 12.0 Å². The van der Waals surface area contributed by atoms with Gasteiger partial charge in [-0.1, -0.05) is 35.3 Å². The van der Waals surface area contributed by atoms with Crippen LogP contribution in [0, 0.1) is 11.7 Å². The van der Waals surface area contributed by atoms with Gasteiger partial charge in [0.05, 0.1) is 0 Å². The number of benzene rings is 1. The zero-order valence-corrected chi connectivity index (χ0v) is 16.7. The fourth-order valence-electron chi connectivity index (χ4n) is 3.71. The summed E-state index contributed by atoms with van der Waals surface area (Å²) in [4.78, 5) is 38.1. The highest BCUT2D eigenvalue weighted by molar-refractivity contribution is 9.10. The standard InChI is InChI=1S/C19H22BrFN2O4/c1-2-12-5-7-19(8-6-12)17(25)23(18(26)22-19)10-16(24)27-11-13-3-4-14(21)9-15(13)20/h3-4,9,12H,2,5-8,10-11H2,1H3,(H,22,26). The van der Waals surface area contributed by atoms with Crippen LogP contribution in [0.2, 0.25) is 0 Å². The molecule has 0 aromatic heterocycles. The van der Waals surface area contributed by atoms with Crippen molar-refractivity contribution in [3.8, 4) is 0 Å². The first-order chi connectivity index (χ1) is 12.8. The number of carbonyl (C=O) groups excluding carboxylic acids is 3. The first-order valence-corrected chi connectivity index (χ1v) is 9.87. The Morgan fingerprint density at radius 2 is 2.07 bits per heavy atom. The number of halogens is 2. The van der Waals surface area contributed by atoms with Gasteiger partial charge in [0.15, 0.2) is 0 Å². The lowest BCUT2D eigenvalue weighted by atomic mass is 9.75. The van der Waals surface area contributed by atoms with Gasteiger partial charge in [-0.15, -0.1) is 0 Å². The molecule has 1 aliphatic carbocycles. The number of amides is 3. The quantitative estimate of drug-likeness (QED) is 0.561. The molecule has 2 aliphatic rings. The minimum absolute atomic E-state index is 0.0767. The molecule has 146 valence electrons. The second kappa shape index (κ2) is 7.96. The van der Waals surface area contributed by atoms with Gasteiger partial charge in [-0.2, -0.15) is 0 Å². The van der Waals surface area contributed by atoms with Crippen LogP contribution in [0.25, 0.3) is 0 Å². The number of imide groups is 1. The van der Waals surface area contributed by atoms with E-state index in [0.717, 1.165) is 24.2 Å². The van der Waals surface area contributed by atoms with E-state index >= 15 is 0 Å². The smallest absolute Gasteiger partial charge is 0.326 e. The molecule has 6 nitrogen and oxygen atoms in total. The Balaban J connectivity index is 1.58. The minimum atomic E-state index is -0.872. The van der Waals surface area contributed by atoms with E-state index < -0.39 is 29.9 Å². The molecule has 0 atom stereocenters. The molecule has 27 heavy (non-hydrogen) atoms. The molecule has 0 radical (unpaired) electrons. The van der Waals surface area contributed by atoms with Crippen LogP contribution < -0.4 is 5.32 Å². The molecule has 1 spiro atoms. The number of nitrogens with zero attached hydrogens (tertiary/aromatic N) is 1. The molecule has 3 amide bonds. The molecule has 1 aromatic carbocycles. The average molecular weight is 441 g/mol. The summed E-state index contributed by atoms with van der Waals surface area (Å²) in [5.41, 5.74) is -0.278. The molecule has 1 N–H and O–H groups in total. The third-order valence-electron chi connectivity index (χ3n) is 5.47. The molecule has 8 heteroatoms. The topological polar surface area (TPSA) is 75.7 Å². The maximum atomic E-state index is 13.1. The molecule has 0 bridgehead atoms. The third-order valence-corrected chi connectivity index (χ3v) is 6.21. The zero-order valence-electron chi connectivity index (χ0n) is 15.1. The number of hydrogen-bond acceptors (Lipinski definition) is 4. The van der Waals surface area contributed by atoms with Gasteiger partial charge in [0.2, 0.25) is 0 Å². The number of carbonyl (C=O) groups is 3. The van der Waals surface area contributed by atoms with E-state index in [0.29, 0.717) is 28.8 Å². The van der Waals surface area contributed by atoms with E-state index in [9.17, 15) is 18.8 Å². The van der Waals surface area contributed by atoms with Gasteiger partial charge in [0, 0.05) is 10.0 Å². The number of rotatable bonds is 5. The number of nitrogens with one attached hydrogen (secondary N) is 1. The van der Waals surface area contributed by atoms with E-state index in [1.807, 2.05) is 0 Å². The van der Waals surface area contributed by atoms with Crippen molar-refractivity contribution in [2.75, 3.05) is 6.54 Å². The van der Waals surface area contributed by atoms with E-state index in [-0.39, 0.29) is 12.5 Å². The van der Waals surface area contributed by atoms with Crippen LogP contribution >= 0.6 is 15.9 Å². The molecule has 0 unspecified atom stereocenters. The Kier molecular flexibility index (Phi) is 5.83. The predicted octanol–water partition coefficient (Wildman–Crippen LogP) is 3.52. The second-order valence-corrected chi connectivity index (χ2v) is 8.01. The van der Waals surface area contributed by atoms with Crippen molar-refractivity contribution in [3.05, 3.63) is 34.1 Å². The fraction of sp³-hybridized carbons (Fsp3) is 0.526. The lowest BCUT2D eigenvalue weighted by molar-refractivity contribution is -0.149. The zero-order chi connectivity index (χ0) is 19.6. The molecular formula is C19H22BrFN2O4. The van der Waals surface area contributed by atoms with Crippen LogP contribution in [0.15, 0.2) is 22.7 Å². The third kappa shape index (κ3) is 4.15. The van der Waals surface area contributed by atoms with Crippen molar-refractivity contribution in [2.45, 2.75) is 51.2 Å². The summed E-state index contributed by atoms with van der Waals surface area (Å²) in [6, 6.07) is 3.50. The SMILES string of the molecule is CCC1CCC2(CC1)NC(=O)N(CC(=O)OCc1ccc(F)cc1Br)C2=O. The van der Waals surface area contributed by atoms with Gasteiger partial charge < -0.3 is 10.1 Å². The predicted molar refractivity (Wildman–Crippen MR) is 99.1 cm³/mol. The minimum Gasteiger partial charge on any atom is -0.459 e. The summed E-state index contributed by atoms with van der Waals surface area (Å²) < 4.78 is 18.7. The summed E-state index contributed by atoms with van der Waals surface area (Å²) in [6.45, 7) is 1.62. The normalized spacial score (nSPS) is 25.0. The van der Waals surface area contributed by atoms with Gasteiger partial charge in [-0.25, -0.2) is 9.18 Å². The van der Waals surface area contributed by atoms with E-state index in [1.54, 1.807) is 0 Å². The van der Waals surface area contributed by atoms with Crippen LogP contribution in [-0.2, 0) is 20.9 Å². The summed E-state index contributed by atoms with van der Waals surface area (Å²) in [6.07, 6.45) is 4.04. The fourth-order valence-corrected chi connectivity index (χ4v) is 4.17. The lowest BCUT2D eigenvalue weighted by Gasteiger charge is -2.34. The highest BCUT2D eigenvalue weighted by atomic mass is 79.9. The van der Waals surface area contributed by atoms with Crippen molar-refractivity contribution in [1.29, 1.82) is 0 Å². The van der Waals surface area contributed by atoms with Gasteiger partial charge in [-0.05, 0) is 43.7 Å². The van der Waals surface area contributed by atoms with Crippen molar-refractivity contribution in [1.82, 2.24) is 10.2 Å². The number of esters is 1. The van der Waals surface area contributed by atoms with Crippen LogP contribution in [0.5, 0.6) is 0 Å². The van der Waals surface area contributed by atoms with Crippen LogP contribution in [0.3, 0.4) is 0 Å².